The van der Waals surface area contributed by atoms with Crippen LogP contribution in [-0.2, 0) is 0 Å². The van der Waals surface area contributed by atoms with Crippen LogP contribution < -0.4 is 0 Å². The van der Waals surface area contributed by atoms with Gasteiger partial charge < -0.3 is 0 Å². The highest BCUT2D eigenvalue weighted by Gasteiger charge is 2.32. The van der Waals surface area contributed by atoms with Crippen molar-refractivity contribution in [3.8, 4) is 0 Å². The lowest BCUT2D eigenvalue weighted by Gasteiger charge is -2.41. The highest BCUT2D eigenvalue weighted by atomic mass is 31.1. The summed E-state index contributed by atoms with van der Waals surface area (Å²) in [7, 11) is 0.137. The summed E-state index contributed by atoms with van der Waals surface area (Å²) in [5.41, 5.74) is 2.68. The first-order valence-electron chi connectivity index (χ1n) is 6.97. The minimum absolute atomic E-state index is 0.137. The fraction of sp³-hybridized carbons (Fsp3) is 1.00. The summed E-state index contributed by atoms with van der Waals surface area (Å²) in [5.74, 6) is 2.48. The van der Waals surface area contributed by atoms with Crippen LogP contribution in [0.15, 0.2) is 0 Å². The maximum absolute atomic E-state index is 2.48. The Labute approximate surface area is 105 Å². The van der Waals surface area contributed by atoms with Gasteiger partial charge in [-0.3, -0.25) is 0 Å². The molecule has 0 spiro atoms. The molecule has 0 aliphatic carbocycles. The Balaban J connectivity index is 4.89. The predicted octanol–water partition coefficient (Wildman–Crippen LogP) is 5.60. The fourth-order valence-corrected chi connectivity index (χ4v) is 6.44. The zero-order valence-electron chi connectivity index (χ0n) is 12.9. The molecule has 0 bridgehead atoms. The topological polar surface area (TPSA) is 0 Å². The normalized spacial score (nSPS) is 20.2. The van der Waals surface area contributed by atoms with E-state index in [-0.39, 0.29) is 7.92 Å². The molecule has 1 heteroatoms. The Morgan fingerprint density at radius 2 is 0.625 bits per heavy atom. The summed E-state index contributed by atoms with van der Waals surface area (Å²) in [4.78, 5) is 0. The van der Waals surface area contributed by atoms with Crippen LogP contribution in [0.4, 0.5) is 0 Å². The van der Waals surface area contributed by atoms with E-state index in [9.17, 15) is 0 Å². The molecule has 0 aliphatic heterocycles. The van der Waals surface area contributed by atoms with E-state index in [4.69, 9.17) is 0 Å². The molecule has 98 valence electrons. The van der Waals surface area contributed by atoms with Crippen molar-refractivity contribution in [2.24, 2.45) is 17.8 Å². The van der Waals surface area contributed by atoms with Crippen molar-refractivity contribution in [1.82, 2.24) is 0 Å². The second-order valence-corrected chi connectivity index (χ2v) is 9.74. The lowest BCUT2D eigenvalue weighted by Crippen LogP contribution is -2.27. The lowest BCUT2D eigenvalue weighted by molar-refractivity contribution is 0.561. The van der Waals surface area contributed by atoms with Crippen LogP contribution in [0.3, 0.4) is 0 Å². The van der Waals surface area contributed by atoms with Crippen molar-refractivity contribution in [3.63, 3.8) is 0 Å². The van der Waals surface area contributed by atoms with Crippen LogP contribution in [-0.4, -0.2) is 17.0 Å². The van der Waals surface area contributed by atoms with Gasteiger partial charge in [0.2, 0.25) is 0 Å². The average Bonchev–Trinajstić information content (AvgIpc) is 2.16. The first-order chi connectivity index (χ1) is 7.20. The van der Waals surface area contributed by atoms with Crippen LogP contribution in [0.1, 0.15) is 62.3 Å². The number of hydrogen-bond acceptors (Lipinski definition) is 0. The molecule has 0 aromatic carbocycles. The quantitative estimate of drug-likeness (QED) is 0.533. The zero-order chi connectivity index (χ0) is 13.0. The largest absolute Gasteiger partial charge is 0.0972 e. The Morgan fingerprint density at radius 3 is 0.750 bits per heavy atom. The van der Waals surface area contributed by atoms with Crippen LogP contribution in [0.25, 0.3) is 0 Å². The molecule has 0 fully saturated rings. The van der Waals surface area contributed by atoms with E-state index in [1.165, 1.54) is 0 Å². The highest BCUT2D eigenvalue weighted by molar-refractivity contribution is 7.59. The van der Waals surface area contributed by atoms with E-state index in [1.54, 1.807) is 0 Å². The first-order valence-corrected chi connectivity index (χ1v) is 8.52. The minimum Gasteiger partial charge on any atom is -0.0972 e. The minimum atomic E-state index is 0.137. The van der Waals surface area contributed by atoms with Gasteiger partial charge in [-0.15, -0.1) is 0 Å². The van der Waals surface area contributed by atoms with Crippen molar-refractivity contribution in [1.29, 1.82) is 0 Å². The fourth-order valence-electron chi connectivity index (χ4n) is 2.15. The summed E-state index contributed by atoms with van der Waals surface area (Å²) in [6.45, 7) is 21.8. The summed E-state index contributed by atoms with van der Waals surface area (Å²) < 4.78 is 0. The third kappa shape index (κ3) is 4.36. The first kappa shape index (κ1) is 16.4. The van der Waals surface area contributed by atoms with Crippen molar-refractivity contribution in [2.45, 2.75) is 79.3 Å². The van der Waals surface area contributed by atoms with Gasteiger partial charge in [0.15, 0.2) is 0 Å². The van der Waals surface area contributed by atoms with Gasteiger partial charge in [-0.05, 0) is 34.7 Å². The molecule has 3 atom stereocenters. The summed E-state index contributed by atoms with van der Waals surface area (Å²) in [6, 6.07) is 0. The third-order valence-corrected chi connectivity index (χ3v) is 8.92. The molecule has 0 N–H and O–H groups in total. The molecule has 3 unspecified atom stereocenters. The maximum atomic E-state index is 2.48. The monoisotopic (exact) mass is 244 g/mol. The van der Waals surface area contributed by atoms with Gasteiger partial charge in [-0.2, -0.15) is 0 Å². The summed E-state index contributed by atoms with van der Waals surface area (Å²) in [5, 5.41) is 0. The molecule has 0 heterocycles. The van der Waals surface area contributed by atoms with Crippen LogP contribution in [0, 0.1) is 17.8 Å². The third-order valence-electron chi connectivity index (χ3n) is 4.31. The van der Waals surface area contributed by atoms with Crippen LogP contribution >= 0.6 is 7.92 Å². The molecule has 0 aliphatic rings. The standard InChI is InChI=1S/C15H33P/c1-10(2)13(7)16(14(8)11(3)4)15(9)12(5)6/h10-15H,1-9H3. The van der Waals surface area contributed by atoms with Crippen molar-refractivity contribution in [3.05, 3.63) is 0 Å². The Morgan fingerprint density at radius 1 is 0.438 bits per heavy atom. The van der Waals surface area contributed by atoms with E-state index in [0.29, 0.717) is 0 Å². The molecule has 16 heavy (non-hydrogen) atoms. The average molecular weight is 244 g/mol. The van der Waals surface area contributed by atoms with E-state index in [2.05, 4.69) is 62.3 Å². The van der Waals surface area contributed by atoms with Gasteiger partial charge in [0.1, 0.15) is 0 Å². The van der Waals surface area contributed by atoms with E-state index in [0.717, 1.165) is 34.7 Å². The number of rotatable bonds is 6. The van der Waals surface area contributed by atoms with E-state index < -0.39 is 0 Å². The SMILES string of the molecule is CC(C)C(C)P(C(C)C(C)C)C(C)C(C)C. The lowest BCUT2D eigenvalue weighted by atomic mass is 10.1. The second-order valence-electron chi connectivity index (χ2n) is 6.40. The van der Waals surface area contributed by atoms with Gasteiger partial charge in [0.25, 0.3) is 0 Å². The molecule has 0 radical (unpaired) electrons. The maximum Gasteiger partial charge on any atom is -0.0210 e. The van der Waals surface area contributed by atoms with Gasteiger partial charge in [-0.1, -0.05) is 70.2 Å². The highest BCUT2D eigenvalue weighted by Crippen LogP contribution is 2.56. The second kappa shape index (κ2) is 7.00. The number of hydrogen-bond donors (Lipinski definition) is 0. The molecule has 0 aromatic rings. The Kier molecular flexibility index (Phi) is 7.18. The van der Waals surface area contributed by atoms with Crippen LogP contribution in [0.2, 0.25) is 0 Å². The molecular weight excluding hydrogens is 211 g/mol. The molecule has 0 saturated carbocycles. The Hall–Kier alpha value is 0.430. The van der Waals surface area contributed by atoms with Gasteiger partial charge in [0.05, 0.1) is 0 Å². The van der Waals surface area contributed by atoms with E-state index >= 15 is 0 Å². The van der Waals surface area contributed by atoms with Gasteiger partial charge in [-0.25, -0.2) is 0 Å². The van der Waals surface area contributed by atoms with E-state index in [1.807, 2.05) is 0 Å². The zero-order valence-corrected chi connectivity index (χ0v) is 13.8. The van der Waals surface area contributed by atoms with Gasteiger partial charge >= 0.3 is 0 Å². The van der Waals surface area contributed by atoms with Gasteiger partial charge in [0, 0.05) is 0 Å². The molecule has 0 rings (SSSR count). The molecule has 0 aromatic heterocycles. The smallest absolute Gasteiger partial charge is 0.0210 e. The van der Waals surface area contributed by atoms with Crippen LogP contribution in [0.5, 0.6) is 0 Å². The predicted molar refractivity (Wildman–Crippen MR) is 79.8 cm³/mol. The molecule has 0 amide bonds. The molecule has 0 nitrogen and oxygen atoms in total. The van der Waals surface area contributed by atoms with Crippen molar-refractivity contribution >= 4 is 7.92 Å². The summed E-state index contributed by atoms with van der Waals surface area (Å²) >= 11 is 0. The van der Waals surface area contributed by atoms with Crippen molar-refractivity contribution in [2.75, 3.05) is 0 Å². The Bertz CT molecular complexity index is 151. The molecular formula is C15H33P. The van der Waals surface area contributed by atoms with Crippen molar-refractivity contribution < 1.29 is 0 Å². The molecule has 0 saturated heterocycles. The summed E-state index contributed by atoms with van der Waals surface area (Å²) in [6.07, 6.45) is 0.